The SMILES string of the molecule is COc1cc(C)cc(-c2cc3c(Nc4cccc(NS(C)(=O)=O)c4)nccc3[nH]2)c1. The number of fused-ring (bicyclic) bond motifs is 1. The lowest BCUT2D eigenvalue weighted by molar-refractivity contribution is 0.414. The van der Waals surface area contributed by atoms with Crippen LogP contribution in [0.25, 0.3) is 22.2 Å². The number of hydrogen-bond acceptors (Lipinski definition) is 5. The van der Waals surface area contributed by atoms with Gasteiger partial charge in [0.1, 0.15) is 11.6 Å². The quantitative estimate of drug-likeness (QED) is 0.420. The summed E-state index contributed by atoms with van der Waals surface area (Å²) < 4.78 is 30.9. The number of nitrogens with zero attached hydrogens (tertiary/aromatic N) is 1. The second-order valence-electron chi connectivity index (χ2n) is 7.12. The van der Waals surface area contributed by atoms with Crippen molar-refractivity contribution in [2.45, 2.75) is 6.92 Å². The summed E-state index contributed by atoms with van der Waals surface area (Å²) in [5.74, 6) is 1.47. The van der Waals surface area contributed by atoms with Crippen LogP contribution in [0, 0.1) is 6.92 Å². The van der Waals surface area contributed by atoms with Crippen molar-refractivity contribution in [3.05, 3.63) is 66.4 Å². The highest BCUT2D eigenvalue weighted by molar-refractivity contribution is 7.92. The molecule has 0 unspecified atom stereocenters. The summed E-state index contributed by atoms with van der Waals surface area (Å²) in [5.41, 5.74) is 5.23. The van der Waals surface area contributed by atoms with E-state index >= 15 is 0 Å². The van der Waals surface area contributed by atoms with E-state index in [9.17, 15) is 8.42 Å². The third-order valence-corrected chi connectivity index (χ3v) is 5.18. The van der Waals surface area contributed by atoms with Crippen molar-refractivity contribution >= 4 is 38.1 Å². The van der Waals surface area contributed by atoms with Gasteiger partial charge in [0, 0.05) is 28.5 Å². The second-order valence-corrected chi connectivity index (χ2v) is 8.87. The van der Waals surface area contributed by atoms with E-state index in [4.69, 9.17) is 4.74 Å². The average molecular weight is 423 g/mol. The number of ether oxygens (including phenoxy) is 1. The molecule has 154 valence electrons. The fourth-order valence-electron chi connectivity index (χ4n) is 3.34. The normalized spacial score (nSPS) is 11.4. The Morgan fingerprint density at radius 1 is 1.03 bits per heavy atom. The molecule has 2 aromatic carbocycles. The fraction of sp³-hybridized carbons (Fsp3) is 0.136. The van der Waals surface area contributed by atoms with E-state index in [1.54, 1.807) is 31.5 Å². The summed E-state index contributed by atoms with van der Waals surface area (Å²) in [6.45, 7) is 2.03. The number of hydrogen-bond donors (Lipinski definition) is 3. The molecule has 0 amide bonds. The van der Waals surface area contributed by atoms with Crippen LogP contribution in [0.1, 0.15) is 5.56 Å². The van der Waals surface area contributed by atoms with Gasteiger partial charge in [-0.1, -0.05) is 6.07 Å². The zero-order valence-corrected chi connectivity index (χ0v) is 17.7. The maximum absolute atomic E-state index is 11.5. The van der Waals surface area contributed by atoms with E-state index in [1.807, 2.05) is 37.3 Å². The third kappa shape index (κ3) is 4.38. The summed E-state index contributed by atoms with van der Waals surface area (Å²) in [6, 6.07) is 17.1. The summed E-state index contributed by atoms with van der Waals surface area (Å²) in [6.07, 6.45) is 2.84. The van der Waals surface area contributed by atoms with Gasteiger partial charge >= 0.3 is 0 Å². The molecular weight excluding hydrogens is 400 g/mol. The Kier molecular flexibility index (Phi) is 5.09. The van der Waals surface area contributed by atoms with Gasteiger partial charge in [-0.2, -0.15) is 0 Å². The van der Waals surface area contributed by atoms with Gasteiger partial charge in [0.25, 0.3) is 0 Å². The molecule has 3 N–H and O–H groups in total. The highest BCUT2D eigenvalue weighted by Crippen LogP contribution is 2.32. The van der Waals surface area contributed by atoms with E-state index in [2.05, 4.69) is 26.1 Å². The minimum absolute atomic E-state index is 0.483. The Morgan fingerprint density at radius 2 is 1.83 bits per heavy atom. The first kappa shape index (κ1) is 19.8. The molecule has 0 aliphatic heterocycles. The van der Waals surface area contributed by atoms with Crippen LogP contribution in [-0.4, -0.2) is 31.8 Å². The van der Waals surface area contributed by atoms with Gasteiger partial charge in [0.2, 0.25) is 10.0 Å². The Bertz CT molecular complexity index is 1330. The molecule has 0 bridgehead atoms. The smallest absolute Gasteiger partial charge is 0.229 e. The predicted octanol–water partition coefficient (Wildman–Crippen LogP) is 4.66. The number of aryl methyl sites for hydroxylation is 1. The number of aromatic amines is 1. The number of aromatic nitrogens is 2. The number of nitrogens with one attached hydrogen (secondary N) is 3. The Hall–Kier alpha value is -3.52. The lowest BCUT2D eigenvalue weighted by Crippen LogP contribution is -2.09. The zero-order chi connectivity index (χ0) is 21.3. The van der Waals surface area contributed by atoms with Crippen LogP contribution >= 0.6 is 0 Å². The number of methoxy groups -OCH3 is 1. The van der Waals surface area contributed by atoms with E-state index in [0.29, 0.717) is 11.5 Å². The molecule has 0 spiro atoms. The molecule has 2 aromatic heterocycles. The van der Waals surface area contributed by atoms with Crippen molar-refractivity contribution in [2.75, 3.05) is 23.4 Å². The summed E-state index contributed by atoms with van der Waals surface area (Å²) >= 11 is 0. The molecule has 0 atom stereocenters. The van der Waals surface area contributed by atoms with Crippen LogP contribution in [-0.2, 0) is 10.0 Å². The summed E-state index contributed by atoms with van der Waals surface area (Å²) in [7, 11) is -1.69. The molecule has 0 aliphatic carbocycles. The monoisotopic (exact) mass is 422 g/mol. The lowest BCUT2D eigenvalue weighted by Gasteiger charge is -2.09. The number of benzene rings is 2. The van der Waals surface area contributed by atoms with Gasteiger partial charge < -0.3 is 15.0 Å². The fourth-order valence-corrected chi connectivity index (χ4v) is 3.90. The Balaban J connectivity index is 1.70. The molecule has 0 aliphatic rings. The van der Waals surface area contributed by atoms with Crippen LogP contribution in [0.15, 0.2) is 60.8 Å². The van der Waals surface area contributed by atoms with Gasteiger partial charge in [-0.25, -0.2) is 13.4 Å². The van der Waals surface area contributed by atoms with Crippen LogP contribution in [0.3, 0.4) is 0 Å². The van der Waals surface area contributed by atoms with Crippen molar-refractivity contribution in [1.29, 1.82) is 0 Å². The van der Waals surface area contributed by atoms with Crippen molar-refractivity contribution < 1.29 is 13.2 Å². The first-order chi connectivity index (χ1) is 14.3. The molecule has 4 rings (SSSR count). The number of sulfonamides is 1. The molecule has 0 fully saturated rings. The van der Waals surface area contributed by atoms with Crippen molar-refractivity contribution in [3.8, 4) is 17.0 Å². The Morgan fingerprint density at radius 3 is 2.60 bits per heavy atom. The van der Waals surface area contributed by atoms with Crippen LogP contribution in [0.4, 0.5) is 17.2 Å². The first-order valence-electron chi connectivity index (χ1n) is 9.29. The summed E-state index contributed by atoms with van der Waals surface area (Å²) in [5, 5.41) is 4.21. The largest absolute Gasteiger partial charge is 0.497 e. The minimum atomic E-state index is -3.35. The molecule has 8 heteroatoms. The number of anilines is 3. The van der Waals surface area contributed by atoms with Crippen LogP contribution in [0.2, 0.25) is 0 Å². The molecule has 30 heavy (non-hydrogen) atoms. The predicted molar refractivity (Wildman–Crippen MR) is 121 cm³/mol. The van der Waals surface area contributed by atoms with Gasteiger partial charge in [0.05, 0.1) is 24.6 Å². The maximum Gasteiger partial charge on any atom is 0.229 e. The molecule has 2 heterocycles. The summed E-state index contributed by atoms with van der Waals surface area (Å²) in [4.78, 5) is 7.90. The van der Waals surface area contributed by atoms with Crippen LogP contribution in [0.5, 0.6) is 5.75 Å². The molecule has 0 radical (unpaired) electrons. The molecule has 0 saturated heterocycles. The van der Waals surface area contributed by atoms with Crippen LogP contribution < -0.4 is 14.8 Å². The van der Waals surface area contributed by atoms with E-state index in [1.165, 1.54) is 0 Å². The van der Waals surface area contributed by atoms with Gasteiger partial charge in [-0.3, -0.25) is 4.72 Å². The van der Waals surface area contributed by atoms with Gasteiger partial charge in [-0.15, -0.1) is 0 Å². The van der Waals surface area contributed by atoms with Crippen molar-refractivity contribution in [3.63, 3.8) is 0 Å². The number of pyridine rings is 1. The van der Waals surface area contributed by atoms with Gasteiger partial charge in [0.15, 0.2) is 0 Å². The molecule has 0 saturated carbocycles. The molecule has 4 aromatic rings. The number of H-pyrrole nitrogens is 1. The third-order valence-electron chi connectivity index (χ3n) is 4.57. The maximum atomic E-state index is 11.5. The highest BCUT2D eigenvalue weighted by Gasteiger charge is 2.11. The van der Waals surface area contributed by atoms with Gasteiger partial charge in [-0.05, 0) is 61.0 Å². The van der Waals surface area contributed by atoms with E-state index in [-0.39, 0.29) is 0 Å². The second kappa shape index (κ2) is 7.72. The zero-order valence-electron chi connectivity index (χ0n) is 16.9. The van der Waals surface area contributed by atoms with E-state index in [0.717, 1.165) is 45.4 Å². The average Bonchev–Trinajstić information content (AvgIpc) is 3.12. The van der Waals surface area contributed by atoms with E-state index < -0.39 is 10.0 Å². The lowest BCUT2D eigenvalue weighted by atomic mass is 10.1. The highest BCUT2D eigenvalue weighted by atomic mass is 32.2. The standard InChI is InChI=1S/C22H22N4O3S/c1-14-9-15(11-18(10-14)29-2)21-13-19-20(25-21)7-8-23-22(19)24-16-5-4-6-17(12-16)26-30(3,27)28/h4-13,25-26H,1-3H3,(H,23,24). The number of rotatable bonds is 6. The van der Waals surface area contributed by atoms with Crippen molar-refractivity contribution in [1.82, 2.24) is 9.97 Å². The molecular formula is C22H22N4O3S. The first-order valence-corrected chi connectivity index (χ1v) is 11.2. The molecule has 7 nitrogen and oxygen atoms in total. The Labute approximate surface area is 175 Å². The topological polar surface area (TPSA) is 96.1 Å². The van der Waals surface area contributed by atoms with Crippen molar-refractivity contribution in [2.24, 2.45) is 0 Å². The minimum Gasteiger partial charge on any atom is -0.497 e.